The van der Waals surface area contributed by atoms with Gasteiger partial charge in [-0.2, -0.15) is 13.2 Å². The Balaban J connectivity index is 1.46. The van der Waals surface area contributed by atoms with Gasteiger partial charge in [-0.1, -0.05) is 11.3 Å². The van der Waals surface area contributed by atoms with Crippen LogP contribution < -0.4 is 15.0 Å². The summed E-state index contributed by atoms with van der Waals surface area (Å²) in [6.45, 7) is 0.307. The SMILES string of the molecule is OC1N[C@H]2CCN(CC(F)(F)F)C[C@H]2N1c1nc2c3c(ccc2s1)OCC3. The lowest BCUT2D eigenvalue weighted by Crippen LogP contribution is -2.53. The monoisotopic (exact) mass is 400 g/mol. The molecule has 2 saturated heterocycles. The Bertz CT molecular complexity index is 874. The van der Waals surface area contributed by atoms with Crippen LogP contribution in [0.15, 0.2) is 12.1 Å². The summed E-state index contributed by atoms with van der Waals surface area (Å²) in [5.74, 6) is 0.839. The van der Waals surface area contributed by atoms with Crippen LogP contribution in [-0.2, 0) is 6.42 Å². The number of ether oxygens (including phenoxy) is 1. The minimum atomic E-state index is -4.22. The fourth-order valence-corrected chi connectivity index (χ4v) is 5.41. The van der Waals surface area contributed by atoms with E-state index in [2.05, 4.69) is 5.32 Å². The summed E-state index contributed by atoms with van der Waals surface area (Å²) in [4.78, 5) is 7.88. The predicted octanol–water partition coefficient (Wildman–Crippen LogP) is 1.92. The van der Waals surface area contributed by atoms with Crippen molar-refractivity contribution in [2.24, 2.45) is 0 Å². The zero-order valence-electron chi connectivity index (χ0n) is 14.4. The number of hydrogen-bond acceptors (Lipinski definition) is 7. The van der Waals surface area contributed by atoms with Crippen molar-refractivity contribution in [2.75, 3.05) is 31.1 Å². The van der Waals surface area contributed by atoms with Crippen molar-refractivity contribution in [3.05, 3.63) is 17.7 Å². The van der Waals surface area contributed by atoms with Gasteiger partial charge in [0.05, 0.1) is 29.4 Å². The van der Waals surface area contributed by atoms with E-state index in [-0.39, 0.29) is 18.6 Å². The van der Waals surface area contributed by atoms with Gasteiger partial charge in [-0.05, 0) is 18.6 Å². The Kier molecular flexibility index (Phi) is 4.01. The van der Waals surface area contributed by atoms with E-state index in [4.69, 9.17) is 9.72 Å². The Morgan fingerprint density at radius 3 is 3.04 bits per heavy atom. The average molecular weight is 400 g/mol. The fraction of sp³-hybridized carbons (Fsp3) is 0.588. The number of hydrogen-bond donors (Lipinski definition) is 2. The molecule has 0 spiro atoms. The van der Waals surface area contributed by atoms with E-state index in [1.54, 1.807) is 4.90 Å². The predicted molar refractivity (Wildman–Crippen MR) is 95.1 cm³/mol. The number of nitrogens with one attached hydrogen (secondary N) is 1. The number of piperidine rings is 1. The molecule has 0 aliphatic carbocycles. The highest BCUT2D eigenvalue weighted by Crippen LogP contribution is 2.40. The third kappa shape index (κ3) is 3.04. The van der Waals surface area contributed by atoms with Gasteiger partial charge in [-0.15, -0.1) is 0 Å². The summed E-state index contributed by atoms with van der Waals surface area (Å²) in [6, 6.07) is 3.58. The molecule has 0 saturated carbocycles. The molecule has 2 N–H and O–H groups in total. The summed E-state index contributed by atoms with van der Waals surface area (Å²) in [5.41, 5.74) is 1.93. The van der Waals surface area contributed by atoms with Crippen molar-refractivity contribution < 1.29 is 23.0 Å². The second kappa shape index (κ2) is 6.20. The number of aromatic nitrogens is 1. The van der Waals surface area contributed by atoms with Crippen molar-refractivity contribution in [2.45, 2.75) is 37.5 Å². The van der Waals surface area contributed by atoms with E-state index >= 15 is 0 Å². The standard InChI is InChI=1S/C17H19F3N4O2S/c18-17(19,20)8-23-5-3-10-11(7-23)24(15(25)21-10)16-22-14-9-4-6-26-12(9)1-2-13(14)27-16/h1-2,10-11,15,21,25H,3-8H2/t10-,11+,15?/m0/s1. The van der Waals surface area contributed by atoms with E-state index in [1.165, 1.54) is 16.2 Å². The van der Waals surface area contributed by atoms with Gasteiger partial charge in [0.25, 0.3) is 0 Å². The summed E-state index contributed by atoms with van der Waals surface area (Å²) in [6.07, 6.45) is -3.82. The molecule has 1 unspecified atom stereocenters. The third-order valence-corrected chi connectivity index (χ3v) is 6.53. The van der Waals surface area contributed by atoms with Crippen LogP contribution in [0.1, 0.15) is 12.0 Å². The van der Waals surface area contributed by atoms with E-state index < -0.39 is 19.1 Å². The smallest absolute Gasteiger partial charge is 0.401 e. The van der Waals surface area contributed by atoms with E-state index in [0.29, 0.717) is 24.7 Å². The molecule has 2 aromatic rings. The molecule has 0 bridgehead atoms. The van der Waals surface area contributed by atoms with Crippen LogP contribution in [0.2, 0.25) is 0 Å². The molecule has 3 aliphatic rings. The van der Waals surface area contributed by atoms with Crippen LogP contribution in [0.4, 0.5) is 18.3 Å². The number of thiazole rings is 1. The highest BCUT2D eigenvalue weighted by atomic mass is 32.1. The molecule has 27 heavy (non-hydrogen) atoms. The number of benzene rings is 1. The maximum atomic E-state index is 12.8. The molecule has 0 radical (unpaired) electrons. The number of nitrogens with zero attached hydrogens (tertiary/aromatic N) is 3. The molecule has 4 heterocycles. The van der Waals surface area contributed by atoms with Crippen LogP contribution in [0, 0.1) is 0 Å². The lowest BCUT2D eigenvalue weighted by Gasteiger charge is -2.37. The van der Waals surface area contributed by atoms with E-state index in [9.17, 15) is 18.3 Å². The number of aliphatic hydroxyl groups is 1. The van der Waals surface area contributed by atoms with Gasteiger partial charge in [0.15, 0.2) is 11.5 Å². The van der Waals surface area contributed by atoms with E-state index in [1.807, 2.05) is 12.1 Å². The number of aliphatic hydroxyl groups excluding tert-OH is 1. The molecule has 3 aliphatic heterocycles. The van der Waals surface area contributed by atoms with Gasteiger partial charge < -0.3 is 14.7 Å². The molecule has 5 rings (SSSR count). The van der Waals surface area contributed by atoms with Gasteiger partial charge in [0.2, 0.25) is 0 Å². The number of fused-ring (bicyclic) bond motifs is 4. The topological polar surface area (TPSA) is 60.9 Å². The lowest BCUT2D eigenvalue weighted by molar-refractivity contribution is -0.148. The van der Waals surface area contributed by atoms with Crippen molar-refractivity contribution in [3.8, 4) is 5.75 Å². The zero-order chi connectivity index (χ0) is 18.8. The number of alkyl halides is 3. The maximum absolute atomic E-state index is 12.8. The highest BCUT2D eigenvalue weighted by molar-refractivity contribution is 7.22. The first-order valence-electron chi connectivity index (χ1n) is 8.96. The summed E-state index contributed by atoms with van der Waals surface area (Å²) < 4.78 is 45.0. The van der Waals surface area contributed by atoms with Crippen molar-refractivity contribution >= 4 is 26.7 Å². The molecule has 146 valence electrons. The second-order valence-electron chi connectivity index (χ2n) is 7.24. The van der Waals surface area contributed by atoms with Gasteiger partial charge >= 0.3 is 6.18 Å². The Morgan fingerprint density at radius 1 is 1.37 bits per heavy atom. The summed E-state index contributed by atoms with van der Waals surface area (Å²) in [5, 5.41) is 14.3. The summed E-state index contributed by atoms with van der Waals surface area (Å²) >= 11 is 1.45. The van der Waals surface area contributed by atoms with Crippen LogP contribution >= 0.6 is 11.3 Å². The van der Waals surface area contributed by atoms with Crippen LogP contribution in [0.3, 0.4) is 0 Å². The normalized spacial score (nSPS) is 28.4. The highest BCUT2D eigenvalue weighted by Gasteiger charge is 2.46. The molecular weight excluding hydrogens is 381 g/mol. The Hall–Kier alpha value is -1.62. The van der Waals surface area contributed by atoms with Gasteiger partial charge in [0.1, 0.15) is 5.75 Å². The first kappa shape index (κ1) is 17.5. The van der Waals surface area contributed by atoms with Crippen molar-refractivity contribution in [3.63, 3.8) is 0 Å². The van der Waals surface area contributed by atoms with Gasteiger partial charge in [-0.3, -0.25) is 10.2 Å². The molecule has 1 aromatic heterocycles. The molecule has 10 heteroatoms. The molecular formula is C17H19F3N4O2S. The minimum absolute atomic E-state index is 0.0504. The Morgan fingerprint density at radius 2 is 2.22 bits per heavy atom. The minimum Gasteiger partial charge on any atom is -0.493 e. The first-order chi connectivity index (χ1) is 12.9. The van der Waals surface area contributed by atoms with Crippen LogP contribution in [0.5, 0.6) is 5.75 Å². The quantitative estimate of drug-likeness (QED) is 0.803. The second-order valence-corrected chi connectivity index (χ2v) is 8.25. The van der Waals surface area contributed by atoms with Crippen LogP contribution in [0.25, 0.3) is 10.2 Å². The van der Waals surface area contributed by atoms with E-state index in [0.717, 1.165) is 28.0 Å². The van der Waals surface area contributed by atoms with Crippen molar-refractivity contribution in [1.29, 1.82) is 0 Å². The zero-order valence-corrected chi connectivity index (χ0v) is 15.2. The van der Waals surface area contributed by atoms with Crippen LogP contribution in [-0.4, -0.2) is 65.8 Å². The molecule has 2 fully saturated rings. The number of halogens is 3. The largest absolute Gasteiger partial charge is 0.493 e. The van der Waals surface area contributed by atoms with Gasteiger partial charge in [0, 0.05) is 31.1 Å². The number of likely N-dealkylation sites (tertiary alicyclic amines) is 1. The summed E-state index contributed by atoms with van der Waals surface area (Å²) in [7, 11) is 0. The molecule has 3 atom stereocenters. The maximum Gasteiger partial charge on any atom is 0.401 e. The third-order valence-electron chi connectivity index (χ3n) is 5.49. The van der Waals surface area contributed by atoms with Gasteiger partial charge in [-0.25, -0.2) is 4.98 Å². The number of anilines is 1. The molecule has 0 amide bonds. The molecule has 6 nitrogen and oxygen atoms in total. The number of rotatable bonds is 2. The lowest BCUT2D eigenvalue weighted by atomic mass is 10.0. The Labute approximate surface area is 157 Å². The fourth-order valence-electron chi connectivity index (χ4n) is 4.34. The molecule has 1 aromatic carbocycles. The average Bonchev–Trinajstić information content (AvgIpc) is 3.26. The first-order valence-corrected chi connectivity index (χ1v) is 9.77. The van der Waals surface area contributed by atoms with Crippen molar-refractivity contribution in [1.82, 2.24) is 15.2 Å².